The number of benzene rings is 1. The van der Waals surface area contributed by atoms with Crippen LogP contribution in [0.2, 0.25) is 0 Å². The minimum atomic E-state index is -0.142. The number of hydrogen-bond acceptors (Lipinski definition) is 4. The van der Waals surface area contributed by atoms with Crippen LogP contribution in [0.4, 0.5) is 17.2 Å². The van der Waals surface area contributed by atoms with Crippen LogP contribution in [-0.4, -0.2) is 30.5 Å². The monoisotopic (exact) mass is 354 g/mol. The zero-order valence-corrected chi connectivity index (χ0v) is 16.3. The van der Waals surface area contributed by atoms with Crippen LogP contribution in [0.3, 0.4) is 0 Å². The Morgan fingerprint density at radius 2 is 1.88 bits per heavy atom. The maximum atomic E-state index is 12.5. The third-order valence-corrected chi connectivity index (χ3v) is 4.45. The average Bonchev–Trinajstić information content (AvgIpc) is 2.65. The highest BCUT2D eigenvalue weighted by Crippen LogP contribution is 2.23. The van der Waals surface area contributed by atoms with Crippen LogP contribution in [0.25, 0.3) is 0 Å². The van der Waals surface area contributed by atoms with Gasteiger partial charge in [-0.3, -0.25) is 4.79 Å². The molecule has 0 saturated heterocycles. The first kappa shape index (κ1) is 19.8. The Morgan fingerprint density at radius 3 is 2.46 bits per heavy atom. The summed E-state index contributed by atoms with van der Waals surface area (Å²) in [5.41, 5.74) is 3.61. The summed E-state index contributed by atoms with van der Waals surface area (Å²) >= 11 is 0. The van der Waals surface area contributed by atoms with Gasteiger partial charge in [0.2, 0.25) is 0 Å². The van der Waals surface area contributed by atoms with Crippen molar-refractivity contribution in [2.75, 3.05) is 35.2 Å². The van der Waals surface area contributed by atoms with E-state index in [0.717, 1.165) is 49.5 Å². The second-order valence-electron chi connectivity index (χ2n) is 6.34. The number of nitrogens with one attached hydrogen (secondary N) is 2. The fourth-order valence-corrected chi connectivity index (χ4v) is 2.79. The van der Waals surface area contributed by atoms with Crippen molar-refractivity contribution in [3.05, 3.63) is 47.7 Å². The Labute approximate surface area is 156 Å². The van der Waals surface area contributed by atoms with Crippen molar-refractivity contribution in [3.8, 4) is 0 Å². The van der Waals surface area contributed by atoms with Gasteiger partial charge in [-0.2, -0.15) is 0 Å². The van der Waals surface area contributed by atoms with E-state index in [4.69, 9.17) is 0 Å². The van der Waals surface area contributed by atoms with Gasteiger partial charge in [0.05, 0.1) is 5.56 Å². The number of hydrogen-bond donors (Lipinski definition) is 2. The fraction of sp³-hybridized carbons (Fsp3) is 0.429. The Bertz CT molecular complexity index is 708. The van der Waals surface area contributed by atoms with Gasteiger partial charge in [0.25, 0.3) is 5.91 Å². The number of nitrogens with zero attached hydrogens (tertiary/aromatic N) is 2. The number of rotatable bonds is 9. The van der Waals surface area contributed by atoms with E-state index in [-0.39, 0.29) is 5.91 Å². The van der Waals surface area contributed by atoms with Gasteiger partial charge in [0.15, 0.2) is 0 Å². The molecule has 5 nitrogen and oxygen atoms in total. The lowest BCUT2D eigenvalue weighted by atomic mass is 10.1. The Morgan fingerprint density at radius 1 is 1.12 bits per heavy atom. The van der Waals surface area contributed by atoms with Crippen LogP contribution in [-0.2, 0) is 0 Å². The minimum Gasteiger partial charge on any atom is -0.372 e. The standard InChI is InChI=1S/C21H30N4O/c1-5-8-13-22-20-12-9-17(15-23-20)21(26)24-19-11-10-18(14-16(19)4)25(6-2)7-3/h9-12,14-15H,5-8,13H2,1-4H3,(H,22,23)(H,24,26). The van der Waals surface area contributed by atoms with Gasteiger partial charge >= 0.3 is 0 Å². The maximum absolute atomic E-state index is 12.5. The van der Waals surface area contributed by atoms with E-state index in [2.05, 4.69) is 53.4 Å². The number of aryl methyl sites for hydroxylation is 1. The van der Waals surface area contributed by atoms with Crippen molar-refractivity contribution < 1.29 is 4.79 Å². The van der Waals surface area contributed by atoms with Gasteiger partial charge in [-0.05, 0) is 63.1 Å². The number of aromatic nitrogens is 1. The van der Waals surface area contributed by atoms with Gasteiger partial charge in [-0.25, -0.2) is 4.98 Å². The number of carbonyl (C=O) groups is 1. The largest absolute Gasteiger partial charge is 0.372 e. The Balaban J connectivity index is 2.03. The number of amides is 1. The third-order valence-electron chi connectivity index (χ3n) is 4.45. The third kappa shape index (κ3) is 5.22. The van der Waals surface area contributed by atoms with Crippen LogP contribution in [0.5, 0.6) is 0 Å². The SMILES string of the molecule is CCCCNc1ccc(C(=O)Nc2ccc(N(CC)CC)cc2C)cn1. The van der Waals surface area contributed by atoms with Crippen LogP contribution >= 0.6 is 0 Å². The topological polar surface area (TPSA) is 57.3 Å². The van der Waals surface area contributed by atoms with Gasteiger partial charge in [0.1, 0.15) is 5.82 Å². The molecule has 5 heteroatoms. The second-order valence-corrected chi connectivity index (χ2v) is 6.34. The molecule has 1 heterocycles. The quantitative estimate of drug-likeness (QED) is 0.641. The molecule has 2 N–H and O–H groups in total. The lowest BCUT2D eigenvalue weighted by Gasteiger charge is -2.22. The van der Waals surface area contributed by atoms with E-state index in [1.54, 1.807) is 12.3 Å². The van der Waals surface area contributed by atoms with E-state index in [1.165, 1.54) is 5.69 Å². The minimum absolute atomic E-state index is 0.142. The molecule has 0 atom stereocenters. The molecular weight excluding hydrogens is 324 g/mol. The first-order valence-corrected chi connectivity index (χ1v) is 9.45. The summed E-state index contributed by atoms with van der Waals surface area (Å²) in [6, 6.07) is 9.78. The summed E-state index contributed by atoms with van der Waals surface area (Å²) in [6.07, 6.45) is 3.86. The summed E-state index contributed by atoms with van der Waals surface area (Å²) in [5.74, 6) is 0.658. The van der Waals surface area contributed by atoms with Crippen molar-refractivity contribution >= 4 is 23.1 Å². The number of carbonyl (C=O) groups excluding carboxylic acids is 1. The zero-order chi connectivity index (χ0) is 18.9. The van der Waals surface area contributed by atoms with Crippen molar-refractivity contribution in [1.29, 1.82) is 0 Å². The highest BCUT2D eigenvalue weighted by molar-refractivity contribution is 6.04. The van der Waals surface area contributed by atoms with Crippen LogP contribution in [0, 0.1) is 6.92 Å². The number of anilines is 3. The van der Waals surface area contributed by atoms with Gasteiger partial charge in [-0.15, -0.1) is 0 Å². The summed E-state index contributed by atoms with van der Waals surface area (Å²) in [5, 5.41) is 6.23. The van der Waals surface area contributed by atoms with E-state index in [1.807, 2.05) is 19.1 Å². The lowest BCUT2D eigenvalue weighted by molar-refractivity contribution is 0.102. The highest BCUT2D eigenvalue weighted by atomic mass is 16.1. The Kier molecular flexibility index (Phi) is 7.45. The van der Waals surface area contributed by atoms with E-state index in [9.17, 15) is 4.79 Å². The molecule has 1 aromatic heterocycles. The fourth-order valence-electron chi connectivity index (χ4n) is 2.79. The number of pyridine rings is 1. The predicted octanol–water partition coefficient (Wildman–Crippen LogP) is 4.70. The molecule has 140 valence electrons. The molecular formula is C21H30N4O. The molecule has 2 aromatic rings. The van der Waals surface area contributed by atoms with Crippen LogP contribution in [0.1, 0.15) is 49.5 Å². The summed E-state index contributed by atoms with van der Waals surface area (Å²) in [7, 11) is 0. The van der Waals surface area contributed by atoms with Gasteiger partial charge in [0, 0.05) is 37.2 Å². The predicted molar refractivity (Wildman–Crippen MR) is 110 cm³/mol. The van der Waals surface area contributed by atoms with Crippen LogP contribution in [0.15, 0.2) is 36.5 Å². The Hall–Kier alpha value is -2.56. The lowest BCUT2D eigenvalue weighted by Crippen LogP contribution is -2.22. The second kappa shape index (κ2) is 9.80. The van der Waals surface area contributed by atoms with Gasteiger partial charge in [-0.1, -0.05) is 13.3 Å². The molecule has 0 spiro atoms. The molecule has 0 aliphatic heterocycles. The molecule has 0 radical (unpaired) electrons. The number of unbranched alkanes of at least 4 members (excludes halogenated alkanes) is 1. The van der Waals surface area contributed by atoms with E-state index in [0.29, 0.717) is 5.56 Å². The molecule has 0 aliphatic rings. The van der Waals surface area contributed by atoms with Crippen molar-refractivity contribution in [1.82, 2.24) is 4.98 Å². The van der Waals surface area contributed by atoms with Crippen LogP contribution < -0.4 is 15.5 Å². The van der Waals surface area contributed by atoms with Crippen molar-refractivity contribution in [2.45, 2.75) is 40.5 Å². The molecule has 0 fully saturated rings. The molecule has 1 amide bonds. The molecule has 26 heavy (non-hydrogen) atoms. The summed E-state index contributed by atoms with van der Waals surface area (Å²) in [4.78, 5) is 19.1. The first-order valence-electron chi connectivity index (χ1n) is 9.45. The van der Waals surface area contributed by atoms with E-state index < -0.39 is 0 Å². The van der Waals surface area contributed by atoms with E-state index >= 15 is 0 Å². The zero-order valence-electron chi connectivity index (χ0n) is 16.3. The normalized spacial score (nSPS) is 10.5. The molecule has 0 saturated carbocycles. The first-order chi connectivity index (χ1) is 12.6. The maximum Gasteiger partial charge on any atom is 0.257 e. The van der Waals surface area contributed by atoms with Crippen molar-refractivity contribution in [2.24, 2.45) is 0 Å². The van der Waals surface area contributed by atoms with Crippen molar-refractivity contribution in [3.63, 3.8) is 0 Å². The molecule has 0 bridgehead atoms. The highest BCUT2D eigenvalue weighted by Gasteiger charge is 2.10. The average molecular weight is 354 g/mol. The summed E-state index contributed by atoms with van der Waals surface area (Å²) < 4.78 is 0. The summed E-state index contributed by atoms with van der Waals surface area (Å²) in [6.45, 7) is 11.3. The smallest absolute Gasteiger partial charge is 0.257 e. The molecule has 2 rings (SSSR count). The molecule has 0 aliphatic carbocycles. The van der Waals surface area contributed by atoms with Gasteiger partial charge < -0.3 is 15.5 Å². The molecule has 1 aromatic carbocycles. The molecule has 0 unspecified atom stereocenters.